The van der Waals surface area contributed by atoms with Crippen molar-refractivity contribution in [2.45, 2.75) is 13.0 Å². The van der Waals surface area contributed by atoms with Crippen LogP contribution in [0.5, 0.6) is 0 Å². The summed E-state index contributed by atoms with van der Waals surface area (Å²) in [5.41, 5.74) is 0. The van der Waals surface area contributed by atoms with E-state index in [-0.39, 0.29) is 0 Å². The molecule has 0 heterocycles. The monoisotopic (exact) mass is 151 g/mol. The maximum absolute atomic E-state index is 4.21. The molecule has 0 aromatic rings. The van der Waals surface area contributed by atoms with E-state index in [1.165, 1.54) is 0 Å². The van der Waals surface area contributed by atoms with Gasteiger partial charge in [0, 0.05) is 6.21 Å². The number of nitrogens with zero attached hydrogens (tertiary/aromatic N) is 1. The summed E-state index contributed by atoms with van der Waals surface area (Å²) in [6.45, 7) is 5.59. The molecule has 54 valence electrons. The number of hydrogen-bond acceptors (Lipinski definition) is 1. The van der Waals surface area contributed by atoms with Crippen molar-refractivity contribution < 1.29 is 0 Å². The average molecular weight is 151 g/mol. The first-order chi connectivity index (χ1) is 4.81. The van der Waals surface area contributed by atoms with Crippen molar-refractivity contribution in [3.63, 3.8) is 0 Å². The largest absolute Gasteiger partial charge is 0.306 e. The van der Waals surface area contributed by atoms with Gasteiger partial charge in [0.05, 0.1) is 0 Å². The first kappa shape index (κ1) is 9.24. The Labute approximate surface area is 64.1 Å². The summed E-state index contributed by atoms with van der Waals surface area (Å²) in [5.74, 6) is 0. The van der Waals surface area contributed by atoms with E-state index in [1.54, 1.807) is 0 Å². The zero-order chi connectivity index (χ0) is 7.82. The van der Waals surface area contributed by atoms with Crippen LogP contribution < -0.4 is 0 Å². The van der Waals surface area contributed by atoms with E-state index >= 15 is 0 Å². The second-order valence-corrected chi connectivity index (χ2v) is 3.66. The molecule has 0 atom stereocenters. The highest BCUT2D eigenvalue weighted by atomic mass is 28.2. The molecule has 0 rings (SSSR count). The van der Waals surface area contributed by atoms with Gasteiger partial charge in [-0.15, -0.1) is 6.58 Å². The standard InChI is InChI=1S/C8H13NSi/c1-4-6-7-9-10(3)8-5-2/h4-7H,2-3,8H2,1H3/b6-4-,9-7-. The SMILES string of the molecule is C=CC[Si](=C)/N=C\C=C/C. The van der Waals surface area contributed by atoms with Crippen LogP contribution in [0, 0.1) is 0 Å². The molecule has 0 amide bonds. The lowest BCUT2D eigenvalue weighted by Gasteiger charge is -1.86. The Morgan fingerprint density at radius 1 is 1.60 bits per heavy atom. The molecule has 10 heavy (non-hydrogen) atoms. The van der Waals surface area contributed by atoms with Gasteiger partial charge >= 0.3 is 0 Å². The van der Waals surface area contributed by atoms with Crippen LogP contribution in [-0.2, 0) is 0 Å². The zero-order valence-corrected chi connectivity index (χ0v) is 7.38. The second-order valence-electron chi connectivity index (χ2n) is 1.86. The Morgan fingerprint density at radius 2 is 2.30 bits per heavy atom. The summed E-state index contributed by atoms with van der Waals surface area (Å²) < 4.78 is 4.21. The number of allylic oxidation sites excluding steroid dienone is 3. The third kappa shape index (κ3) is 5.38. The molecule has 0 radical (unpaired) electrons. The molecule has 0 saturated carbocycles. The molecule has 0 N–H and O–H groups in total. The van der Waals surface area contributed by atoms with Crippen LogP contribution >= 0.6 is 0 Å². The van der Waals surface area contributed by atoms with Gasteiger partial charge in [0.15, 0.2) is 8.57 Å². The number of rotatable bonds is 4. The highest BCUT2D eigenvalue weighted by molar-refractivity contribution is 6.61. The van der Waals surface area contributed by atoms with Crippen LogP contribution in [0.25, 0.3) is 0 Å². The van der Waals surface area contributed by atoms with E-state index in [2.05, 4.69) is 17.4 Å². The quantitative estimate of drug-likeness (QED) is 0.330. The molecule has 0 bridgehead atoms. The third-order valence-electron chi connectivity index (χ3n) is 0.916. The molecule has 0 fully saturated rings. The number of hydrogen-bond donors (Lipinski definition) is 0. The summed E-state index contributed by atoms with van der Waals surface area (Å²) in [6.07, 6.45) is 11.4. The molecule has 2 heteroatoms. The van der Waals surface area contributed by atoms with Gasteiger partial charge in [0.1, 0.15) is 0 Å². The van der Waals surface area contributed by atoms with Crippen molar-refractivity contribution >= 4 is 21.0 Å². The predicted molar refractivity (Wildman–Crippen MR) is 51.2 cm³/mol. The van der Waals surface area contributed by atoms with Gasteiger partial charge in [-0.1, -0.05) is 18.3 Å². The topological polar surface area (TPSA) is 12.4 Å². The summed E-state index contributed by atoms with van der Waals surface area (Å²) in [4.78, 5) is 0. The lowest BCUT2D eigenvalue weighted by molar-refractivity contribution is 1.64. The average Bonchev–Trinajstić information content (AvgIpc) is 1.89. The minimum atomic E-state index is -0.763. The van der Waals surface area contributed by atoms with E-state index in [0.29, 0.717) is 0 Å². The predicted octanol–water partition coefficient (Wildman–Crippen LogP) is 1.82. The van der Waals surface area contributed by atoms with E-state index in [0.717, 1.165) is 6.04 Å². The molecule has 0 aliphatic rings. The van der Waals surface area contributed by atoms with Gasteiger partial charge in [-0.3, -0.25) is 0 Å². The fraction of sp³-hybridized carbons (Fsp3) is 0.250. The molecule has 0 saturated heterocycles. The van der Waals surface area contributed by atoms with Crippen molar-refractivity contribution in [2.24, 2.45) is 4.66 Å². The normalized spacial score (nSPS) is 10.9. The van der Waals surface area contributed by atoms with E-state index in [1.807, 2.05) is 31.4 Å². The summed E-state index contributed by atoms with van der Waals surface area (Å²) in [6, 6.07) is 0.943. The third-order valence-corrected chi connectivity index (χ3v) is 2.19. The van der Waals surface area contributed by atoms with Crippen LogP contribution in [0.4, 0.5) is 0 Å². The Bertz CT molecular complexity index is 168. The van der Waals surface area contributed by atoms with Gasteiger partial charge < -0.3 is 4.66 Å². The smallest absolute Gasteiger partial charge is 0.152 e. The zero-order valence-electron chi connectivity index (χ0n) is 6.38. The highest BCUT2D eigenvalue weighted by Crippen LogP contribution is 1.82. The van der Waals surface area contributed by atoms with Gasteiger partial charge in [0.2, 0.25) is 0 Å². The minimum Gasteiger partial charge on any atom is -0.306 e. The summed E-state index contributed by atoms with van der Waals surface area (Å²) >= 11 is 0. The van der Waals surface area contributed by atoms with Gasteiger partial charge in [-0.2, -0.15) is 0 Å². The lowest BCUT2D eigenvalue weighted by atomic mass is 10.6. The maximum atomic E-state index is 4.21. The summed E-state index contributed by atoms with van der Waals surface area (Å²) in [7, 11) is -0.763. The highest BCUT2D eigenvalue weighted by Gasteiger charge is 1.83. The molecule has 0 aromatic heterocycles. The maximum Gasteiger partial charge on any atom is 0.152 e. The molecule has 0 aliphatic heterocycles. The summed E-state index contributed by atoms with van der Waals surface area (Å²) in [5, 5.41) is 0. The molecular weight excluding hydrogens is 138 g/mol. The van der Waals surface area contributed by atoms with E-state index < -0.39 is 8.57 Å². The molecule has 0 spiro atoms. The second kappa shape index (κ2) is 6.36. The van der Waals surface area contributed by atoms with Crippen LogP contribution in [0.1, 0.15) is 6.92 Å². The van der Waals surface area contributed by atoms with Crippen LogP contribution in [0.15, 0.2) is 29.5 Å². The fourth-order valence-electron chi connectivity index (χ4n) is 0.454. The Kier molecular flexibility index (Phi) is 5.87. The first-order valence-corrected chi connectivity index (χ1v) is 5.11. The van der Waals surface area contributed by atoms with Crippen molar-refractivity contribution in [1.29, 1.82) is 0 Å². The van der Waals surface area contributed by atoms with Crippen LogP contribution in [0.2, 0.25) is 6.04 Å². The Morgan fingerprint density at radius 3 is 2.80 bits per heavy atom. The van der Waals surface area contributed by atoms with Crippen LogP contribution in [-0.4, -0.2) is 21.0 Å². The van der Waals surface area contributed by atoms with Gasteiger partial charge in [0.25, 0.3) is 0 Å². The minimum absolute atomic E-state index is 0.763. The first-order valence-electron chi connectivity index (χ1n) is 3.25. The van der Waals surface area contributed by atoms with Crippen molar-refractivity contribution in [2.75, 3.05) is 0 Å². The molecule has 0 unspecified atom stereocenters. The van der Waals surface area contributed by atoms with Gasteiger partial charge in [-0.05, 0) is 19.0 Å². The lowest BCUT2D eigenvalue weighted by Crippen LogP contribution is -1.92. The van der Waals surface area contributed by atoms with Crippen molar-refractivity contribution in [1.82, 2.24) is 0 Å². The molecule has 0 aliphatic carbocycles. The Hall–Kier alpha value is -0.763. The molecule has 1 nitrogen and oxygen atoms in total. The van der Waals surface area contributed by atoms with Crippen LogP contribution in [0.3, 0.4) is 0 Å². The van der Waals surface area contributed by atoms with Gasteiger partial charge in [-0.25, -0.2) is 0 Å². The Balaban J connectivity index is 3.66. The van der Waals surface area contributed by atoms with E-state index in [4.69, 9.17) is 0 Å². The molecule has 0 aromatic carbocycles. The molecular formula is C8H13NSi. The van der Waals surface area contributed by atoms with Crippen molar-refractivity contribution in [3.8, 4) is 0 Å². The van der Waals surface area contributed by atoms with E-state index in [9.17, 15) is 0 Å². The van der Waals surface area contributed by atoms with Crippen molar-refractivity contribution in [3.05, 3.63) is 24.8 Å². The fourth-order valence-corrected chi connectivity index (χ4v) is 1.19.